The number of rotatable bonds is 3. The number of hydrogen-bond donors (Lipinski definition) is 0. The Kier molecular flexibility index (Phi) is 3.20. The second-order valence-electron chi connectivity index (χ2n) is 8.76. The minimum absolute atomic E-state index is 0.542. The van der Waals surface area contributed by atoms with Gasteiger partial charge in [0.05, 0.1) is 0 Å². The van der Waals surface area contributed by atoms with Gasteiger partial charge in [-0.25, -0.2) is 0 Å². The Balaban J connectivity index is 2.36. The van der Waals surface area contributed by atoms with E-state index in [1.807, 2.05) is 0 Å². The second-order valence-corrected chi connectivity index (χ2v) is 8.76. The van der Waals surface area contributed by atoms with Gasteiger partial charge in [0, 0.05) is 0 Å². The lowest BCUT2D eigenvalue weighted by Gasteiger charge is -2.35. The first-order chi connectivity index (χ1) is 8.12. The Morgan fingerprint density at radius 1 is 1.11 bits per heavy atom. The van der Waals surface area contributed by atoms with Crippen LogP contribution in [0, 0.1) is 39.9 Å². The van der Waals surface area contributed by atoms with E-state index in [-0.39, 0.29) is 0 Å². The zero-order chi connectivity index (χ0) is 13.9. The molecule has 0 bridgehead atoms. The largest absolute Gasteiger partial charge is 0.0648 e. The molecule has 0 radical (unpaired) electrons. The lowest BCUT2D eigenvalue weighted by molar-refractivity contribution is 0.129. The van der Waals surface area contributed by atoms with Crippen LogP contribution in [-0.2, 0) is 0 Å². The maximum atomic E-state index is 2.56. The van der Waals surface area contributed by atoms with Crippen LogP contribution >= 0.6 is 0 Å². The maximum absolute atomic E-state index is 2.56. The highest BCUT2D eigenvalue weighted by atomic mass is 14.8. The predicted octanol–water partition coefficient (Wildman–Crippen LogP) is 5.77. The molecule has 5 atom stereocenters. The minimum atomic E-state index is 0.542. The van der Waals surface area contributed by atoms with E-state index in [2.05, 4.69) is 55.4 Å². The molecule has 0 aliphatic heterocycles. The average molecular weight is 250 g/mol. The normalized spacial score (nSPS) is 47.8. The summed E-state index contributed by atoms with van der Waals surface area (Å²) in [6.45, 7) is 19.9. The highest BCUT2D eigenvalue weighted by Crippen LogP contribution is 2.81. The molecule has 0 N–H and O–H groups in total. The van der Waals surface area contributed by atoms with Crippen molar-refractivity contribution in [2.24, 2.45) is 39.9 Å². The van der Waals surface area contributed by atoms with Crippen molar-refractivity contribution in [2.75, 3.05) is 0 Å². The van der Waals surface area contributed by atoms with Gasteiger partial charge in [-0.3, -0.25) is 0 Å². The molecule has 0 nitrogen and oxygen atoms in total. The van der Waals surface area contributed by atoms with Crippen molar-refractivity contribution in [3.05, 3.63) is 0 Å². The number of hydrogen-bond acceptors (Lipinski definition) is 0. The molecule has 0 aromatic carbocycles. The van der Waals surface area contributed by atoms with Gasteiger partial charge in [-0.15, -0.1) is 0 Å². The van der Waals surface area contributed by atoms with E-state index < -0.39 is 0 Å². The molecule has 2 fully saturated rings. The molecule has 0 amide bonds. The van der Waals surface area contributed by atoms with Crippen LogP contribution in [0.3, 0.4) is 0 Å². The Labute approximate surface area is 115 Å². The summed E-state index contributed by atoms with van der Waals surface area (Å²) >= 11 is 0. The standard InChI is InChI=1S/C18H34/c1-9-17(8)11-18(17)14(5)16(6,7)10-15(18)13(4)12(2)3/h12-15H,9-11H2,1-8H3. The highest BCUT2D eigenvalue weighted by Gasteiger charge is 2.74. The van der Waals surface area contributed by atoms with Gasteiger partial charge in [0.25, 0.3) is 0 Å². The Morgan fingerprint density at radius 2 is 1.67 bits per heavy atom. The monoisotopic (exact) mass is 250 g/mol. The zero-order valence-corrected chi connectivity index (χ0v) is 13.9. The van der Waals surface area contributed by atoms with E-state index in [0.29, 0.717) is 16.2 Å². The highest BCUT2D eigenvalue weighted by molar-refractivity contribution is 5.22. The molecule has 0 heteroatoms. The average Bonchev–Trinajstić information content (AvgIpc) is 2.86. The van der Waals surface area contributed by atoms with Gasteiger partial charge in [-0.05, 0) is 52.8 Å². The van der Waals surface area contributed by atoms with Gasteiger partial charge in [-0.2, -0.15) is 0 Å². The predicted molar refractivity (Wildman–Crippen MR) is 80.5 cm³/mol. The molecule has 1 spiro atoms. The second kappa shape index (κ2) is 4.00. The molecule has 2 aliphatic rings. The first kappa shape index (κ1) is 14.4. The Bertz CT molecular complexity index is 327. The van der Waals surface area contributed by atoms with E-state index in [1.54, 1.807) is 0 Å². The van der Waals surface area contributed by atoms with E-state index in [4.69, 9.17) is 0 Å². The van der Waals surface area contributed by atoms with Gasteiger partial charge >= 0.3 is 0 Å². The van der Waals surface area contributed by atoms with Crippen molar-refractivity contribution in [1.82, 2.24) is 0 Å². The molecule has 0 aromatic heterocycles. The third kappa shape index (κ3) is 1.63. The summed E-state index contributed by atoms with van der Waals surface area (Å²) in [5, 5.41) is 0. The summed E-state index contributed by atoms with van der Waals surface area (Å²) in [6.07, 6.45) is 4.31. The zero-order valence-electron chi connectivity index (χ0n) is 13.9. The Hall–Kier alpha value is 0. The van der Waals surface area contributed by atoms with Crippen molar-refractivity contribution in [2.45, 2.75) is 74.7 Å². The summed E-state index contributed by atoms with van der Waals surface area (Å²) in [6, 6.07) is 0. The first-order valence-electron chi connectivity index (χ1n) is 8.12. The van der Waals surface area contributed by atoms with Crippen LogP contribution in [0.15, 0.2) is 0 Å². The van der Waals surface area contributed by atoms with Crippen LogP contribution in [0.2, 0.25) is 0 Å². The van der Waals surface area contributed by atoms with Gasteiger partial charge in [-0.1, -0.05) is 61.8 Å². The van der Waals surface area contributed by atoms with Gasteiger partial charge < -0.3 is 0 Å². The third-order valence-corrected chi connectivity index (χ3v) is 7.50. The smallest absolute Gasteiger partial charge is 0.0176 e. The lowest BCUT2D eigenvalue weighted by atomic mass is 9.70. The summed E-state index contributed by atoms with van der Waals surface area (Å²) in [7, 11) is 0. The fourth-order valence-electron chi connectivity index (χ4n) is 5.37. The molecule has 5 unspecified atom stereocenters. The fourth-order valence-corrected chi connectivity index (χ4v) is 5.37. The van der Waals surface area contributed by atoms with Crippen molar-refractivity contribution in [1.29, 1.82) is 0 Å². The Morgan fingerprint density at radius 3 is 2.06 bits per heavy atom. The molecule has 2 saturated carbocycles. The summed E-state index contributed by atoms with van der Waals surface area (Å²) in [4.78, 5) is 0. The molecule has 0 heterocycles. The third-order valence-electron chi connectivity index (χ3n) is 7.50. The van der Waals surface area contributed by atoms with Gasteiger partial charge in [0.2, 0.25) is 0 Å². The van der Waals surface area contributed by atoms with Crippen LogP contribution < -0.4 is 0 Å². The van der Waals surface area contributed by atoms with Gasteiger partial charge in [0.1, 0.15) is 0 Å². The summed E-state index contributed by atoms with van der Waals surface area (Å²) in [5.41, 5.74) is 1.84. The molecule has 2 aliphatic carbocycles. The topological polar surface area (TPSA) is 0 Å². The molecular formula is C18H34. The van der Waals surface area contributed by atoms with E-state index >= 15 is 0 Å². The molecule has 2 rings (SSSR count). The van der Waals surface area contributed by atoms with Crippen molar-refractivity contribution < 1.29 is 0 Å². The first-order valence-corrected chi connectivity index (χ1v) is 8.12. The van der Waals surface area contributed by atoms with Crippen molar-refractivity contribution >= 4 is 0 Å². The lowest BCUT2D eigenvalue weighted by Crippen LogP contribution is -2.29. The molecule has 0 saturated heterocycles. The minimum Gasteiger partial charge on any atom is -0.0648 e. The van der Waals surface area contributed by atoms with Crippen molar-refractivity contribution in [3.63, 3.8) is 0 Å². The quantitative estimate of drug-likeness (QED) is 0.596. The molecule has 18 heavy (non-hydrogen) atoms. The fraction of sp³-hybridized carbons (Fsp3) is 1.00. The van der Waals surface area contributed by atoms with Gasteiger partial charge in [0.15, 0.2) is 0 Å². The van der Waals surface area contributed by atoms with Crippen LogP contribution in [0.5, 0.6) is 0 Å². The van der Waals surface area contributed by atoms with Crippen LogP contribution in [-0.4, -0.2) is 0 Å². The van der Waals surface area contributed by atoms with Crippen molar-refractivity contribution in [3.8, 4) is 0 Å². The van der Waals surface area contributed by atoms with Crippen LogP contribution in [0.1, 0.15) is 74.7 Å². The van der Waals surface area contributed by atoms with E-state index in [1.165, 1.54) is 19.3 Å². The molecule has 0 aromatic rings. The summed E-state index contributed by atoms with van der Waals surface area (Å²) in [5.74, 6) is 3.55. The molecule has 106 valence electrons. The van der Waals surface area contributed by atoms with E-state index in [9.17, 15) is 0 Å². The summed E-state index contributed by atoms with van der Waals surface area (Å²) < 4.78 is 0. The maximum Gasteiger partial charge on any atom is -0.0176 e. The SMILES string of the molecule is CCC1(C)CC12C(C(C)C(C)C)CC(C)(C)C2C. The van der Waals surface area contributed by atoms with Crippen LogP contribution in [0.4, 0.5) is 0 Å². The van der Waals surface area contributed by atoms with E-state index in [0.717, 1.165) is 23.7 Å². The molecular weight excluding hydrogens is 216 g/mol. The van der Waals surface area contributed by atoms with Crippen LogP contribution in [0.25, 0.3) is 0 Å².